The van der Waals surface area contributed by atoms with Crippen LogP contribution in [0, 0.1) is 0 Å². The fourth-order valence-corrected chi connectivity index (χ4v) is 5.89. The smallest absolute Gasteiger partial charge is 0.277 e. The van der Waals surface area contributed by atoms with Crippen LogP contribution < -0.4 is 5.56 Å². The van der Waals surface area contributed by atoms with Crippen LogP contribution in [0.25, 0.3) is 20.7 Å². The van der Waals surface area contributed by atoms with Crippen LogP contribution >= 0.6 is 34.4 Å². The second kappa shape index (κ2) is 7.97. The molecular formula is C19H17N5O3S3. The van der Waals surface area contributed by atoms with E-state index in [2.05, 4.69) is 20.2 Å². The highest BCUT2D eigenvalue weighted by atomic mass is 32.2. The van der Waals surface area contributed by atoms with Crippen LogP contribution in [0.4, 0.5) is 0 Å². The van der Waals surface area contributed by atoms with Gasteiger partial charge < -0.3 is 14.3 Å². The average Bonchev–Trinajstić information content (AvgIpc) is 3.50. The first-order valence-electron chi connectivity index (χ1n) is 9.40. The molecule has 0 saturated carbocycles. The van der Waals surface area contributed by atoms with Gasteiger partial charge in [-0.2, -0.15) is 0 Å². The van der Waals surface area contributed by atoms with E-state index < -0.39 is 0 Å². The van der Waals surface area contributed by atoms with Gasteiger partial charge in [-0.1, -0.05) is 17.8 Å². The minimum Gasteiger partial charge on any atom is -0.414 e. The highest BCUT2D eigenvalue weighted by Crippen LogP contribution is 2.36. The molecule has 11 heteroatoms. The summed E-state index contributed by atoms with van der Waals surface area (Å²) in [6, 6.07) is 3.97. The Labute approximate surface area is 183 Å². The summed E-state index contributed by atoms with van der Waals surface area (Å²) >= 11 is 4.39. The molecular weight excluding hydrogens is 442 g/mol. The van der Waals surface area contributed by atoms with Gasteiger partial charge in [-0.15, -0.1) is 32.9 Å². The summed E-state index contributed by atoms with van der Waals surface area (Å²) in [7, 11) is 0. The third kappa shape index (κ3) is 3.68. The van der Waals surface area contributed by atoms with Crippen molar-refractivity contribution in [2.24, 2.45) is 0 Å². The molecule has 154 valence electrons. The molecule has 1 atom stereocenters. The number of amides is 1. The predicted molar refractivity (Wildman–Crippen MR) is 117 cm³/mol. The molecule has 1 aliphatic rings. The fourth-order valence-electron chi connectivity index (χ4n) is 3.36. The van der Waals surface area contributed by atoms with E-state index in [9.17, 15) is 9.59 Å². The Morgan fingerprint density at radius 3 is 3.00 bits per heavy atom. The lowest BCUT2D eigenvalue weighted by Gasteiger charge is -2.11. The number of thiophene rings is 2. The molecule has 5 rings (SSSR count). The largest absolute Gasteiger partial charge is 0.414 e. The van der Waals surface area contributed by atoms with Crippen LogP contribution in [0.3, 0.4) is 0 Å². The Bertz CT molecular complexity index is 1260. The topological polar surface area (TPSA) is 105 Å². The number of hydrogen-bond donors (Lipinski definition) is 1. The molecule has 1 fully saturated rings. The van der Waals surface area contributed by atoms with E-state index in [1.807, 2.05) is 29.8 Å². The summed E-state index contributed by atoms with van der Waals surface area (Å²) in [5, 5.41) is 12.9. The van der Waals surface area contributed by atoms with Crippen molar-refractivity contribution < 1.29 is 9.21 Å². The number of thioether (sulfide) groups is 1. The molecule has 1 amide bonds. The van der Waals surface area contributed by atoms with Crippen molar-refractivity contribution in [2.75, 3.05) is 6.54 Å². The molecule has 0 radical (unpaired) electrons. The van der Waals surface area contributed by atoms with E-state index in [0.29, 0.717) is 40.1 Å². The van der Waals surface area contributed by atoms with Gasteiger partial charge in [0.15, 0.2) is 0 Å². The van der Waals surface area contributed by atoms with Gasteiger partial charge in [0, 0.05) is 28.8 Å². The molecule has 4 aromatic rings. The van der Waals surface area contributed by atoms with E-state index in [1.54, 1.807) is 16.2 Å². The predicted octanol–water partition coefficient (Wildman–Crippen LogP) is 4.07. The Morgan fingerprint density at radius 2 is 2.23 bits per heavy atom. The molecule has 4 aromatic heterocycles. The molecule has 1 aliphatic heterocycles. The summed E-state index contributed by atoms with van der Waals surface area (Å²) in [4.78, 5) is 35.6. The summed E-state index contributed by atoms with van der Waals surface area (Å²) in [5.41, 5.74) is 0.773. The van der Waals surface area contributed by atoms with Gasteiger partial charge in [0.05, 0.1) is 17.2 Å². The van der Waals surface area contributed by atoms with Crippen molar-refractivity contribution in [3.63, 3.8) is 0 Å². The number of H-pyrrole nitrogens is 1. The molecule has 0 aromatic carbocycles. The van der Waals surface area contributed by atoms with Crippen LogP contribution in [-0.2, 0) is 11.3 Å². The van der Waals surface area contributed by atoms with Gasteiger partial charge in [-0.3, -0.25) is 9.59 Å². The van der Waals surface area contributed by atoms with Crippen molar-refractivity contribution >= 4 is 50.6 Å². The number of carbonyl (C=O) groups excluding carboxylic acids is 1. The number of aromatic nitrogens is 4. The first-order chi connectivity index (χ1) is 14.6. The van der Waals surface area contributed by atoms with Crippen molar-refractivity contribution in [1.29, 1.82) is 0 Å². The zero-order valence-corrected chi connectivity index (χ0v) is 18.4. The second-order valence-corrected chi connectivity index (χ2v) is 10.00. The van der Waals surface area contributed by atoms with E-state index in [-0.39, 0.29) is 16.7 Å². The number of carbonyl (C=O) groups is 1. The first-order valence-corrected chi connectivity index (χ1v) is 12.0. The van der Waals surface area contributed by atoms with Crippen LogP contribution in [0.2, 0.25) is 0 Å². The second-order valence-electron chi connectivity index (χ2n) is 6.90. The monoisotopic (exact) mass is 459 g/mol. The maximum absolute atomic E-state index is 12.8. The highest BCUT2D eigenvalue weighted by Gasteiger charge is 2.23. The molecule has 30 heavy (non-hydrogen) atoms. The molecule has 1 unspecified atom stereocenters. The van der Waals surface area contributed by atoms with Crippen LogP contribution in [-0.4, -0.2) is 37.5 Å². The molecule has 1 N–H and O–H groups in total. The van der Waals surface area contributed by atoms with Gasteiger partial charge in [0.25, 0.3) is 10.8 Å². The van der Waals surface area contributed by atoms with E-state index >= 15 is 0 Å². The molecule has 1 saturated heterocycles. The molecule has 0 bridgehead atoms. The minimum atomic E-state index is -0.184. The van der Waals surface area contributed by atoms with Gasteiger partial charge in [-0.05, 0) is 24.8 Å². The van der Waals surface area contributed by atoms with Crippen molar-refractivity contribution in [1.82, 2.24) is 25.1 Å². The van der Waals surface area contributed by atoms with Gasteiger partial charge >= 0.3 is 0 Å². The van der Waals surface area contributed by atoms with Gasteiger partial charge in [-0.25, -0.2) is 4.98 Å². The Balaban J connectivity index is 1.35. The quantitative estimate of drug-likeness (QED) is 0.433. The normalized spacial score (nSPS) is 15.4. The van der Waals surface area contributed by atoms with Crippen LogP contribution in [0.15, 0.2) is 37.3 Å². The maximum atomic E-state index is 12.8. The Morgan fingerprint density at radius 1 is 1.33 bits per heavy atom. The van der Waals surface area contributed by atoms with E-state index in [1.165, 1.54) is 23.1 Å². The number of likely N-dealkylation sites (tertiary alicyclic amines) is 1. The molecule has 5 heterocycles. The van der Waals surface area contributed by atoms with Crippen molar-refractivity contribution in [3.05, 3.63) is 45.0 Å². The molecule has 8 nitrogen and oxygen atoms in total. The first kappa shape index (κ1) is 19.5. The van der Waals surface area contributed by atoms with Gasteiger partial charge in [0.1, 0.15) is 10.7 Å². The Kier molecular flexibility index (Phi) is 5.17. The number of rotatable bonds is 6. The number of nitrogens with zero attached hydrogens (tertiary/aromatic N) is 4. The summed E-state index contributed by atoms with van der Waals surface area (Å²) in [5.74, 6) is 1.09. The minimum absolute atomic E-state index is 0.115. The van der Waals surface area contributed by atoms with E-state index in [0.717, 1.165) is 23.4 Å². The lowest BCUT2D eigenvalue weighted by atomic mass is 10.2. The van der Waals surface area contributed by atoms with Crippen molar-refractivity contribution in [2.45, 2.75) is 36.8 Å². The summed E-state index contributed by atoms with van der Waals surface area (Å²) in [6.45, 7) is 2.98. The molecule has 0 aliphatic carbocycles. The van der Waals surface area contributed by atoms with Crippen LogP contribution in [0.5, 0.6) is 0 Å². The molecule has 0 spiro atoms. The fraction of sp³-hybridized carbons (Fsp3) is 0.316. The zero-order valence-electron chi connectivity index (χ0n) is 16.0. The summed E-state index contributed by atoms with van der Waals surface area (Å²) in [6.07, 6.45) is 1.44. The SMILES string of the molecule is CC(Sc1nnc(CN2CCCC2=O)o1)c1nc2scc(-c3cccs3)c2c(=O)[nH]1. The number of hydrogen-bond acceptors (Lipinski definition) is 9. The number of fused-ring (bicyclic) bond motifs is 1. The standard InChI is InChI=1S/C19H17N5O3S3/c1-10(30-19-23-22-13(27-19)8-24-6-2-5-14(24)25)16-20-17(26)15-11(9-29-18(15)21-16)12-4-3-7-28-12/h3-4,7,9-10H,2,5-6,8H2,1H3,(H,20,21,26). The Hall–Kier alpha value is -2.50. The van der Waals surface area contributed by atoms with E-state index in [4.69, 9.17) is 4.42 Å². The maximum Gasteiger partial charge on any atom is 0.277 e. The van der Waals surface area contributed by atoms with Crippen molar-refractivity contribution in [3.8, 4) is 10.4 Å². The lowest BCUT2D eigenvalue weighted by Crippen LogP contribution is -2.23. The number of aromatic amines is 1. The average molecular weight is 460 g/mol. The third-order valence-corrected chi connectivity index (χ3v) is 7.58. The highest BCUT2D eigenvalue weighted by molar-refractivity contribution is 7.99. The number of nitrogens with one attached hydrogen (secondary N) is 1. The van der Waals surface area contributed by atoms with Crippen LogP contribution in [0.1, 0.15) is 36.7 Å². The lowest BCUT2D eigenvalue weighted by molar-refractivity contribution is -0.128. The third-order valence-electron chi connectivity index (χ3n) is 4.86. The summed E-state index contributed by atoms with van der Waals surface area (Å²) < 4.78 is 5.69. The zero-order chi connectivity index (χ0) is 20.7. The van der Waals surface area contributed by atoms with Gasteiger partial charge in [0.2, 0.25) is 11.8 Å².